The predicted molar refractivity (Wildman–Crippen MR) is 71.5 cm³/mol. The lowest BCUT2D eigenvalue weighted by Gasteiger charge is -2.14. The normalized spacial score (nSPS) is 26.4. The number of benzene rings is 1. The van der Waals surface area contributed by atoms with Crippen LogP contribution < -0.4 is 10.1 Å². The second-order valence-corrected chi connectivity index (χ2v) is 5.51. The zero-order valence-corrected chi connectivity index (χ0v) is 11.1. The number of methoxy groups -OCH3 is 1. The molecule has 2 atom stereocenters. The summed E-state index contributed by atoms with van der Waals surface area (Å²) in [6.07, 6.45) is 3.15. The summed E-state index contributed by atoms with van der Waals surface area (Å²) in [6, 6.07) is 6.44. The summed E-state index contributed by atoms with van der Waals surface area (Å²) in [7, 11) is 1.70. The van der Waals surface area contributed by atoms with E-state index in [1.54, 1.807) is 7.11 Å². The van der Waals surface area contributed by atoms with Crippen LogP contribution in [0.2, 0.25) is 0 Å². The van der Waals surface area contributed by atoms with Crippen LogP contribution in [0.3, 0.4) is 0 Å². The van der Waals surface area contributed by atoms with Crippen molar-refractivity contribution in [2.24, 2.45) is 5.92 Å². The summed E-state index contributed by atoms with van der Waals surface area (Å²) >= 11 is 0. The number of hydrogen-bond acceptors (Lipinski definition) is 3. The molecule has 0 aromatic heterocycles. The molecule has 2 N–H and O–H groups in total. The lowest BCUT2D eigenvalue weighted by atomic mass is 9.97. The highest BCUT2D eigenvalue weighted by Gasteiger charge is 2.31. The minimum absolute atomic E-state index is 0.128. The molecule has 3 rings (SSSR count). The molecule has 19 heavy (non-hydrogen) atoms. The molecule has 1 aromatic carbocycles. The zero-order chi connectivity index (χ0) is 13.4. The van der Waals surface area contributed by atoms with Gasteiger partial charge in [0.2, 0.25) is 0 Å². The van der Waals surface area contributed by atoms with Gasteiger partial charge in [0.15, 0.2) is 0 Å². The van der Waals surface area contributed by atoms with Gasteiger partial charge < -0.3 is 15.2 Å². The number of hydrogen-bond donors (Lipinski definition) is 2. The molecule has 1 heterocycles. The monoisotopic (exact) mass is 261 g/mol. The average molecular weight is 261 g/mol. The Bertz CT molecular complexity index is 496. The highest BCUT2D eigenvalue weighted by molar-refractivity contribution is 5.70. The van der Waals surface area contributed by atoms with Crippen LogP contribution in [0, 0.1) is 5.92 Å². The van der Waals surface area contributed by atoms with Crippen molar-refractivity contribution in [3.63, 3.8) is 0 Å². The van der Waals surface area contributed by atoms with Crippen LogP contribution in [0.4, 0.5) is 0 Å². The Labute approximate surface area is 112 Å². The third-order valence-corrected chi connectivity index (χ3v) is 4.16. The van der Waals surface area contributed by atoms with Gasteiger partial charge in [0.25, 0.3) is 0 Å². The van der Waals surface area contributed by atoms with Crippen LogP contribution in [0.1, 0.15) is 42.3 Å². The van der Waals surface area contributed by atoms with Crippen molar-refractivity contribution in [2.45, 2.75) is 31.2 Å². The summed E-state index contributed by atoms with van der Waals surface area (Å²) < 4.78 is 5.48. The molecule has 2 unspecified atom stereocenters. The van der Waals surface area contributed by atoms with E-state index in [1.165, 1.54) is 18.4 Å². The first kappa shape index (κ1) is 12.5. The van der Waals surface area contributed by atoms with E-state index in [1.807, 2.05) is 0 Å². The van der Waals surface area contributed by atoms with E-state index < -0.39 is 5.97 Å². The molecular formula is C15H19NO3. The van der Waals surface area contributed by atoms with E-state index in [9.17, 15) is 4.79 Å². The summed E-state index contributed by atoms with van der Waals surface area (Å²) in [4.78, 5) is 11.0. The minimum atomic E-state index is -0.712. The van der Waals surface area contributed by atoms with Gasteiger partial charge in [-0.2, -0.15) is 0 Å². The maximum absolute atomic E-state index is 11.0. The van der Waals surface area contributed by atoms with Gasteiger partial charge in [-0.05, 0) is 42.4 Å². The topological polar surface area (TPSA) is 58.6 Å². The van der Waals surface area contributed by atoms with E-state index in [0.29, 0.717) is 18.9 Å². The first-order valence-corrected chi connectivity index (χ1v) is 6.83. The Morgan fingerprint density at radius 1 is 1.42 bits per heavy atom. The van der Waals surface area contributed by atoms with Gasteiger partial charge in [0.1, 0.15) is 5.75 Å². The number of carboxylic acid groups (broad SMARTS) is 1. The zero-order valence-electron chi connectivity index (χ0n) is 11.1. The maximum atomic E-state index is 11.0. The maximum Gasteiger partial charge on any atom is 0.307 e. The molecular weight excluding hydrogens is 242 g/mol. The van der Waals surface area contributed by atoms with Crippen molar-refractivity contribution in [2.75, 3.05) is 13.7 Å². The fraction of sp³-hybridized carbons (Fsp3) is 0.533. The Morgan fingerprint density at radius 2 is 2.21 bits per heavy atom. The third kappa shape index (κ3) is 2.45. The first-order valence-electron chi connectivity index (χ1n) is 6.83. The van der Waals surface area contributed by atoms with E-state index >= 15 is 0 Å². The molecule has 1 aliphatic heterocycles. The van der Waals surface area contributed by atoms with Crippen molar-refractivity contribution in [3.05, 3.63) is 29.3 Å². The molecule has 4 nitrogen and oxygen atoms in total. The van der Waals surface area contributed by atoms with Gasteiger partial charge in [-0.15, -0.1) is 0 Å². The van der Waals surface area contributed by atoms with Gasteiger partial charge in [0, 0.05) is 12.6 Å². The van der Waals surface area contributed by atoms with Crippen molar-refractivity contribution in [1.29, 1.82) is 0 Å². The molecule has 1 aromatic rings. The predicted octanol–water partition coefficient (Wildman–Crippen LogP) is 2.31. The second kappa shape index (κ2) is 4.85. The molecule has 0 amide bonds. The lowest BCUT2D eigenvalue weighted by Crippen LogP contribution is -2.17. The Morgan fingerprint density at radius 3 is 2.79 bits per heavy atom. The molecule has 2 aliphatic rings. The summed E-state index contributed by atoms with van der Waals surface area (Å²) in [5, 5.41) is 12.3. The second-order valence-electron chi connectivity index (χ2n) is 5.51. The number of nitrogens with one attached hydrogen (secondary N) is 1. The molecule has 1 aliphatic carbocycles. The van der Waals surface area contributed by atoms with Crippen molar-refractivity contribution in [1.82, 2.24) is 5.32 Å². The Kier molecular flexibility index (Phi) is 3.19. The molecule has 1 saturated carbocycles. The van der Waals surface area contributed by atoms with E-state index in [2.05, 4.69) is 23.5 Å². The van der Waals surface area contributed by atoms with Crippen molar-refractivity contribution < 1.29 is 14.6 Å². The molecule has 0 bridgehead atoms. The third-order valence-electron chi connectivity index (χ3n) is 4.16. The van der Waals surface area contributed by atoms with E-state index in [4.69, 9.17) is 9.84 Å². The first-order chi connectivity index (χ1) is 9.19. The fourth-order valence-electron chi connectivity index (χ4n) is 2.85. The molecule has 2 fully saturated rings. The highest BCUT2D eigenvalue weighted by Crippen LogP contribution is 2.45. The number of rotatable bonds is 4. The van der Waals surface area contributed by atoms with Gasteiger partial charge in [-0.1, -0.05) is 12.1 Å². The SMILES string of the molecule is COc1cc(C2CC(C(=O)O)CN2)ccc1C1CC1. The number of aliphatic carboxylic acids is 1. The lowest BCUT2D eigenvalue weighted by molar-refractivity contribution is -0.141. The smallest absolute Gasteiger partial charge is 0.307 e. The van der Waals surface area contributed by atoms with Crippen LogP contribution in [0.25, 0.3) is 0 Å². The average Bonchev–Trinajstić information content (AvgIpc) is 3.14. The molecule has 1 saturated heterocycles. The van der Waals surface area contributed by atoms with Crippen LogP contribution in [0.15, 0.2) is 18.2 Å². The number of carboxylic acids is 1. The van der Waals surface area contributed by atoms with Crippen molar-refractivity contribution in [3.8, 4) is 5.75 Å². The van der Waals surface area contributed by atoms with E-state index in [-0.39, 0.29) is 12.0 Å². The largest absolute Gasteiger partial charge is 0.496 e. The van der Waals surface area contributed by atoms with Crippen LogP contribution in [0.5, 0.6) is 5.75 Å². The summed E-state index contributed by atoms with van der Waals surface area (Å²) in [6.45, 7) is 0.548. The summed E-state index contributed by atoms with van der Waals surface area (Å²) in [5.74, 6) is 0.614. The Balaban J connectivity index is 1.80. The fourth-order valence-corrected chi connectivity index (χ4v) is 2.85. The van der Waals surface area contributed by atoms with E-state index in [0.717, 1.165) is 11.3 Å². The molecule has 0 spiro atoms. The molecule has 102 valence electrons. The van der Waals surface area contributed by atoms with Gasteiger partial charge in [-0.3, -0.25) is 4.79 Å². The van der Waals surface area contributed by atoms with Gasteiger partial charge >= 0.3 is 5.97 Å². The van der Waals surface area contributed by atoms with Gasteiger partial charge in [0.05, 0.1) is 13.0 Å². The van der Waals surface area contributed by atoms with Gasteiger partial charge in [-0.25, -0.2) is 0 Å². The van der Waals surface area contributed by atoms with Crippen molar-refractivity contribution >= 4 is 5.97 Å². The molecule has 4 heteroatoms. The Hall–Kier alpha value is -1.55. The molecule has 0 radical (unpaired) electrons. The summed E-state index contributed by atoms with van der Waals surface area (Å²) in [5.41, 5.74) is 2.42. The quantitative estimate of drug-likeness (QED) is 0.873. The minimum Gasteiger partial charge on any atom is -0.496 e. The number of ether oxygens (including phenoxy) is 1. The van der Waals surface area contributed by atoms with Crippen LogP contribution >= 0.6 is 0 Å². The number of carbonyl (C=O) groups is 1. The van der Waals surface area contributed by atoms with Crippen LogP contribution in [-0.2, 0) is 4.79 Å². The van der Waals surface area contributed by atoms with Crippen LogP contribution in [-0.4, -0.2) is 24.7 Å². The highest BCUT2D eigenvalue weighted by atomic mass is 16.5. The standard InChI is InChI=1S/C15H19NO3/c1-19-14-7-10(4-5-12(14)9-2-3-9)13-6-11(8-16-13)15(17)18/h4-5,7,9,11,13,16H,2-3,6,8H2,1H3,(H,17,18).